The highest BCUT2D eigenvalue weighted by molar-refractivity contribution is 6.26. The summed E-state index contributed by atoms with van der Waals surface area (Å²) >= 11 is 0. The van der Waals surface area contributed by atoms with E-state index in [0.717, 1.165) is 6.54 Å². The third kappa shape index (κ3) is 2.45. The van der Waals surface area contributed by atoms with Crippen molar-refractivity contribution in [2.75, 3.05) is 0 Å². The highest BCUT2D eigenvalue weighted by Gasteiger charge is 2.19. The van der Waals surface area contributed by atoms with Crippen LogP contribution in [-0.4, -0.2) is 8.97 Å². The van der Waals surface area contributed by atoms with Crippen LogP contribution in [-0.2, 0) is 6.54 Å². The zero-order chi connectivity index (χ0) is 24.1. The molecule has 6 aromatic carbocycles. The van der Waals surface area contributed by atoms with Crippen LogP contribution in [0.3, 0.4) is 0 Å². The fourth-order valence-corrected chi connectivity index (χ4v) is 6.73. The van der Waals surface area contributed by atoms with Crippen LogP contribution in [0.4, 0.5) is 0 Å². The average Bonchev–Trinajstić information content (AvgIpc) is 3.58. The van der Waals surface area contributed by atoms with Crippen LogP contribution in [0.1, 0.15) is 5.56 Å². The van der Waals surface area contributed by atoms with E-state index >= 15 is 0 Å². The molecule has 3 aromatic heterocycles. The van der Waals surface area contributed by atoms with Gasteiger partial charge in [-0.1, -0.05) is 97.1 Å². The summed E-state index contributed by atoms with van der Waals surface area (Å²) in [5, 5.41) is 10.5. The van der Waals surface area contributed by atoms with Crippen molar-refractivity contribution in [2.45, 2.75) is 6.54 Å². The topological polar surface area (TPSA) is 9.34 Å². The smallest absolute Gasteiger partial charge is 0.0620 e. The normalized spacial score (nSPS) is 12.4. The molecule has 9 rings (SSSR count). The molecular weight excluding hydrogens is 448 g/mol. The molecule has 2 nitrogen and oxygen atoms in total. The Balaban J connectivity index is 1.49. The molecule has 37 heavy (non-hydrogen) atoms. The second kappa shape index (κ2) is 6.89. The molecule has 0 saturated heterocycles. The van der Waals surface area contributed by atoms with Crippen molar-refractivity contribution >= 4 is 70.7 Å². The van der Waals surface area contributed by atoms with E-state index < -0.39 is 0 Å². The van der Waals surface area contributed by atoms with Crippen molar-refractivity contribution in [3.8, 4) is 0 Å². The van der Waals surface area contributed by atoms with E-state index in [4.69, 9.17) is 0 Å². The zero-order valence-corrected chi connectivity index (χ0v) is 20.1. The Morgan fingerprint density at radius 1 is 0.405 bits per heavy atom. The minimum Gasteiger partial charge on any atom is -0.335 e. The van der Waals surface area contributed by atoms with Crippen molar-refractivity contribution in [2.24, 2.45) is 0 Å². The Morgan fingerprint density at radius 2 is 1.05 bits per heavy atom. The van der Waals surface area contributed by atoms with E-state index in [1.54, 1.807) is 0 Å². The monoisotopic (exact) mass is 470 g/mol. The Hall–Kier alpha value is -4.82. The Labute approximate surface area is 212 Å². The third-order valence-electron chi connectivity index (χ3n) is 8.27. The summed E-state index contributed by atoms with van der Waals surface area (Å²) in [5.41, 5.74) is 7.80. The lowest BCUT2D eigenvalue weighted by molar-refractivity contribution is 0.872. The number of hydrogen-bond acceptors (Lipinski definition) is 0. The summed E-state index contributed by atoms with van der Waals surface area (Å²) in [7, 11) is 0. The fraction of sp³-hybridized carbons (Fsp3) is 0.0286. The van der Waals surface area contributed by atoms with Crippen molar-refractivity contribution in [3.63, 3.8) is 0 Å². The van der Waals surface area contributed by atoms with Crippen LogP contribution in [0.15, 0.2) is 121 Å². The van der Waals surface area contributed by atoms with E-state index in [-0.39, 0.29) is 0 Å². The number of hydrogen-bond donors (Lipinski definition) is 0. The van der Waals surface area contributed by atoms with Crippen LogP contribution in [0, 0.1) is 0 Å². The van der Waals surface area contributed by atoms with Crippen molar-refractivity contribution < 1.29 is 0 Å². The molecule has 9 aromatic rings. The fourth-order valence-electron chi connectivity index (χ4n) is 6.73. The first-order valence-corrected chi connectivity index (χ1v) is 12.9. The second-order valence-electron chi connectivity index (χ2n) is 10.2. The lowest BCUT2D eigenvalue weighted by Gasteiger charge is -2.10. The molecule has 0 aliphatic rings. The minimum atomic E-state index is 0.845. The molecule has 0 aliphatic heterocycles. The molecule has 0 bridgehead atoms. The van der Waals surface area contributed by atoms with E-state index in [2.05, 4.69) is 130 Å². The first-order valence-electron chi connectivity index (χ1n) is 12.9. The predicted octanol–water partition coefficient (Wildman–Crippen LogP) is 9.15. The average molecular weight is 471 g/mol. The number of para-hydroxylation sites is 3. The van der Waals surface area contributed by atoms with Gasteiger partial charge in [0.2, 0.25) is 0 Å². The predicted molar refractivity (Wildman–Crippen MR) is 157 cm³/mol. The van der Waals surface area contributed by atoms with Crippen LogP contribution in [0.2, 0.25) is 0 Å². The molecule has 2 heteroatoms. The van der Waals surface area contributed by atoms with Crippen LogP contribution >= 0.6 is 0 Å². The van der Waals surface area contributed by atoms with Gasteiger partial charge in [0, 0.05) is 49.8 Å². The number of aromatic nitrogens is 2. The highest BCUT2D eigenvalue weighted by atomic mass is 15.0. The molecule has 0 aliphatic carbocycles. The highest BCUT2D eigenvalue weighted by Crippen LogP contribution is 2.42. The molecular formula is C35H22N2. The Morgan fingerprint density at radius 3 is 1.89 bits per heavy atom. The second-order valence-corrected chi connectivity index (χ2v) is 10.2. The first kappa shape index (κ1) is 19.4. The molecule has 0 N–H and O–H groups in total. The summed E-state index contributed by atoms with van der Waals surface area (Å²) in [6.07, 6.45) is 0. The van der Waals surface area contributed by atoms with Gasteiger partial charge in [0.05, 0.1) is 22.1 Å². The molecule has 3 heterocycles. The number of rotatable bonds is 2. The summed E-state index contributed by atoms with van der Waals surface area (Å²) in [4.78, 5) is 0. The molecule has 172 valence electrons. The molecule has 0 unspecified atom stereocenters. The Kier molecular flexibility index (Phi) is 3.61. The van der Waals surface area contributed by atoms with Gasteiger partial charge in [0.15, 0.2) is 0 Å². The summed E-state index contributed by atoms with van der Waals surface area (Å²) in [6.45, 7) is 0.845. The van der Waals surface area contributed by atoms with E-state index in [0.29, 0.717) is 0 Å². The maximum absolute atomic E-state index is 2.51. The van der Waals surface area contributed by atoms with E-state index in [1.165, 1.54) is 76.2 Å². The van der Waals surface area contributed by atoms with Gasteiger partial charge in [-0.25, -0.2) is 0 Å². The Bertz CT molecular complexity index is 2320. The third-order valence-corrected chi connectivity index (χ3v) is 8.27. The first-order chi connectivity index (χ1) is 18.4. The molecule has 0 saturated carbocycles. The standard InChI is InChI=1S/C35H22N2/c1-2-9-22(10-3-1)21-36-31-15-6-4-11-24(31)28-18-17-23-19-30-27-14-8-13-26-25-12-5-7-16-32(25)37(35(26)27)33(30)20-29(23)34(28)36/h1-20H,21H2. The van der Waals surface area contributed by atoms with Gasteiger partial charge in [0.1, 0.15) is 0 Å². The number of fused-ring (bicyclic) bond motifs is 11. The molecule has 0 amide bonds. The summed E-state index contributed by atoms with van der Waals surface area (Å²) < 4.78 is 5.00. The SMILES string of the molecule is c1ccc(Cn2c3ccccc3c3ccc4cc5c6cccc7c8ccccc8n(c5cc4c32)c76)cc1. The molecule has 0 atom stereocenters. The van der Waals surface area contributed by atoms with Gasteiger partial charge < -0.3 is 8.97 Å². The van der Waals surface area contributed by atoms with Crippen molar-refractivity contribution in [1.82, 2.24) is 8.97 Å². The number of nitrogens with zero attached hydrogens (tertiary/aromatic N) is 2. The summed E-state index contributed by atoms with van der Waals surface area (Å²) in [6, 6.07) is 44.7. The lowest BCUT2D eigenvalue weighted by atomic mass is 10.0. The van der Waals surface area contributed by atoms with Crippen LogP contribution < -0.4 is 0 Å². The minimum absolute atomic E-state index is 0.845. The van der Waals surface area contributed by atoms with Crippen molar-refractivity contribution in [1.29, 1.82) is 0 Å². The van der Waals surface area contributed by atoms with Crippen molar-refractivity contribution in [3.05, 3.63) is 127 Å². The van der Waals surface area contributed by atoms with Gasteiger partial charge in [-0.05, 0) is 35.2 Å². The summed E-state index contributed by atoms with van der Waals surface area (Å²) in [5.74, 6) is 0. The largest absolute Gasteiger partial charge is 0.335 e. The van der Waals surface area contributed by atoms with Gasteiger partial charge in [0.25, 0.3) is 0 Å². The van der Waals surface area contributed by atoms with E-state index in [1.807, 2.05) is 0 Å². The van der Waals surface area contributed by atoms with Crippen LogP contribution in [0.5, 0.6) is 0 Å². The lowest BCUT2D eigenvalue weighted by Crippen LogP contribution is -1.99. The molecule has 0 spiro atoms. The molecule has 0 fully saturated rings. The quantitative estimate of drug-likeness (QED) is 0.238. The van der Waals surface area contributed by atoms with Gasteiger partial charge in [-0.15, -0.1) is 0 Å². The number of benzene rings is 6. The zero-order valence-electron chi connectivity index (χ0n) is 20.1. The van der Waals surface area contributed by atoms with Crippen LogP contribution in [0.25, 0.3) is 70.7 Å². The van der Waals surface area contributed by atoms with Gasteiger partial charge >= 0.3 is 0 Å². The van der Waals surface area contributed by atoms with E-state index in [9.17, 15) is 0 Å². The maximum atomic E-state index is 2.51. The van der Waals surface area contributed by atoms with Gasteiger partial charge in [-0.3, -0.25) is 0 Å². The molecule has 0 radical (unpaired) electrons. The maximum Gasteiger partial charge on any atom is 0.0620 e. The van der Waals surface area contributed by atoms with Gasteiger partial charge in [-0.2, -0.15) is 0 Å².